The predicted molar refractivity (Wildman–Crippen MR) is 73.9 cm³/mol. The maximum absolute atomic E-state index is 5.92. The van der Waals surface area contributed by atoms with E-state index < -0.39 is 0 Å². The Morgan fingerprint density at radius 3 is 2.78 bits per heavy atom. The van der Waals surface area contributed by atoms with Crippen molar-refractivity contribution in [1.29, 1.82) is 0 Å². The van der Waals surface area contributed by atoms with Gasteiger partial charge in [-0.1, -0.05) is 23.7 Å². The first-order valence-electron chi connectivity index (χ1n) is 6.24. The summed E-state index contributed by atoms with van der Waals surface area (Å²) >= 11 is 5.92. The lowest BCUT2D eigenvalue weighted by Crippen LogP contribution is -2.11. The lowest BCUT2D eigenvalue weighted by atomic mass is 10.1. The number of imidazole rings is 1. The molecule has 1 fully saturated rings. The van der Waals surface area contributed by atoms with Gasteiger partial charge in [0, 0.05) is 24.5 Å². The van der Waals surface area contributed by atoms with Crippen LogP contribution < -0.4 is 5.32 Å². The molecule has 94 valence electrons. The SMILES string of the molecule is Cn1c(-c2ccc(Cl)cc2)cnc1C1CCNC1. The first-order chi connectivity index (χ1) is 8.75. The molecule has 1 aliphatic rings. The maximum Gasteiger partial charge on any atom is 0.113 e. The Kier molecular flexibility index (Phi) is 3.10. The van der Waals surface area contributed by atoms with E-state index in [9.17, 15) is 0 Å². The largest absolute Gasteiger partial charge is 0.331 e. The Balaban J connectivity index is 1.96. The molecule has 2 heterocycles. The van der Waals surface area contributed by atoms with E-state index in [1.807, 2.05) is 30.5 Å². The number of rotatable bonds is 2. The van der Waals surface area contributed by atoms with Crippen LogP contribution in [0, 0.1) is 0 Å². The number of hydrogen-bond donors (Lipinski definition) is 1. The molecule has 1 aromatic heterocycles. The normalized spacial score (nSPS) is 19.3. The zero-order chi connectivity index (χ0) is 12.5. The van der Waals surface area contributed by atoms with Crippen molar-refractivity contribution < 1.29 is 0 Å². The van der Waals surface area contributed by atoms with Crippen molar-refractivity contribution in [3.8, 4) is 11.3 Å². The van der Waals surface area contributed by atoms with Crippen molar-refractivity contribution in [2.24, 2.45) is 7.05 Å². The minimum absolute atomic E-state index is 0.538. The average Bonchev–Trinajstić information content (AvgIpc) is 2.99. The van der Waals surface area contributed by atoms with Gasteiger partial charge in [0.15, 0.2) is 0 Å². The summed E-state index contributed by atoms with van der Waals surface area (Å²) in [4.78, 5) is 4.59. The first-order valence-corrected chi connectivity index (χ1v) is 6.62. The molecule has 1 saturated heterocycles. The molecule has 2 aromatic rings. The van der Waals surface area contributed by atoms with Crippen LogP contribution in [0.5, 0.6) is 0 Å². The molecular formula is C14H16ClN3. The molecule has 1 aromatic carbocycles. The van der Waals surface area contributed by atoms with Crippen molar-refractivity contribution >= 4 is 11.6 Å². The molecule has 0 spiro atoms. The summed E-state index contributed by atoms with van der Waals surface area (Å²) in [5.74, 6) is 1.71. The average molecular weight is 262 g/mol. The van der Waals surface area contributed by atoms with Crippen LogP contribution in [-0.4, -0.2) is 22.6 Å². The fraction of sp³-hybridized carbons (Fsp3) is 0.357. The van der Waals surface area contributed by atoms with Crippen LogP contribution in [0.25, 0.3) is 11.3 Å². The van der Waals surface area contributed by atoms with Gasteiger partial charge >= 0.3 is 0 Å². The number of halogens is 1. The minimum atomic E-state index is 0.538. The summed E-state index contributed by atoms with van der Waals surface area (Å²) in [6.45, 7) is 2.12. The molecule has 18 heavy (non-hydrogen) atoms. The zero-order valence-electron chi connectivity index (χ0n) is 10.4. The second-order valence-electron chi connectivity index (χ2n) is 4.76. The maximum atomic E-state index is 5.92. The third kappa shape index (κ3) is 2.04. The summed E-state index contributed by atoms with van der Waals surface area (Å²) in [5.41, 5.74) is 2.31. The molecule has 1 unspecified atom stereocenters. The topological polar surface area (TPSA) is 29.9 Å². The minimum Gasteiger partial charge on any atom is -0.331 e. The van der Waals surface area contributed by atoms with Crippen LogP contribution in [0.2, 0.25) is 5.02 Å². The zero-order valence-corrected chi connectivity index (χ0v) is 11.1. The van der Waals surface area contributed by atoms with Gasteiger partial charge in [0.1, 0.15) is 5.82 Å². The van der Waals surface area contributed by atoms with Crippen molar-refractivity contribution in [2.75, 3.05) is 13.1 Å². The van der Waals surface area contributed by atoms with Crippen LogP contribution in [-0.2, 0) is 7.05 Å². The monoisotopic (exact) mass is 261 g/mol. The Bertz CT molecular complexity index is 539. The number of nitrogens with zero attached hydrogens (tertiary/aromatic N) is 2. The van der Waals surface area contributed by atoms with E-state index in [1.54, 1.807) is 0 Å². The first kappa shape index (κ1) is 11.8. The van der Waals surface area contributed by atoms with Gasteiger partial charge in [-0.3, -0.25) is 0 Å². The molecule has 0 radical (unpaired) electrons. The Labute approximate surface area is 112 Å². The second-order valence-corrected chi connectivity index (χ2v) is 5.19. The van der Waals surface area contributed by atoms with Gasteiger partial charge in [-0.05, 0) is 30.7 Å². The molecule has 0 saturated carbocycles. The van der Waals surface area contributed by atoms with E-state index in [0.29, 0.717) is 5.92 Å². The van der Waals surface area contributed by atoms with Gasteiger partial charge in [0.2, 0.25) is 0 Å². The molecule has 0 bridgehead atoms. The molecule has 3 rings (SSSR count). The van der Waals surface area contributed by atoms with Crippen LogP contribution >= 0.6 is 11.6 Å². The van der Waals surface area contributed by atoms with Gasteiger partial charge in [0.25, 0.3) is 0 Å². The van der Waals surface area contributed by atoms with Gasteiger partial charge in [-0.2, -0.15) is 0 Å². The number of aromatic nitrogens is 2. The third-order valence-corrected chi connectivity index (χ3v) is 3.84. The molecule has 1 atom stereocenters. The number of benzene rings is 1. The third-order valence-electron chi connectivity index (χ3n) is 3.59. The Morgan fingerprint density at radius 1 is 1.33 bits per heavy atom. The van der Waals surface area contributed by atoms with Crippen molar-refractivity contribution in [2.45, 2.75) is 12.3 Å². The van der Waals surface area contributed by atoms with E-state index >= 15 is 0 Å². The fourth-order valence-corrected chi connectivity index (χ4v) is 2.69. The van der Waals surface area contributed by atoms with E-state index in [2.05, 4.69) is 21.9 Å². The number of hydrogen-bond acceptors (Lipinski definition) is 2. The standard InChI is InChI=1S/C14H16ClN3/c1-18-13(10-2-4-12(15)5-3-10)9-17-14(18)11-6-7-16-8-11/h2-5,9,11,16H,6-8H2,1H3. The molecule has 0 aliphatic carbocycles. The Hall–Kier alpha value is -1.32. The smallest absolute Gasteiger partial charge is 0.113 e. The van der Waals surface area contributed by atoms with E-state index in [0.717, 1.165) is 29.4 Å². The Morgan fingerprint density at radius 2 is 2.11 bits per heavy atom. The summed E-state index contributed by atoms with van der Waals surface area (Å²) in [6, 6.07) is 7.91. The summed E-state index contributed by atoms with van der Waals surface area (Å²) in [7, 11) is 2.09. The van der Waals surface area contributed by atoms with E-state index in [-0.39, 0.29) is 0 Å². The molecule has 0 amide bonds. The quantitative estimate of drug-likeness (QED) is 0.901. The summed E-state index contributed by atoms with van der Waals surface area (Å²) < 4.78 is 2.20. The van der Waals surface area contributed by atoms with E-state index in [4.69, 9.17) is 11.6 Å². The molecule has 3 nitrogen and oxygen atoms in total. The molecular weight excluding hydrogens is 246 g/mol. The predicted octanol–water partition coefficient (Wildman–Crippen LogP) is 2.82. The van der Waals surface area contributed by atoms with Crippen LogP contribution in [0.1, 0.15) is 18.2 Å². The van der Waals surface area contributed by atoms with Crippen LogP contribution in [0.4, 0.5) is 0 Å². The van der Waals surface area contributed by atoms with Gasteiger partial charge < -0.3 is 9.88 Å². The number of nitrogens with one attached hydrogen (secondary N) is 1. The highest BCUT2D eigenvalue weighted by molar-refractivity contribution is 6.30. The van der Waals surface area contributed by atoms with Crippen molar-refractivity contribution in [3.63, 3.8) is 0 Å². The molecule has 4 heteroatoms. The molecule has 1 aliphatic heterocycles. The van der Waals surface area contributed by atoms with Crippen LogP contribution in [0.15, 0.2) is 30.5 Å². The van der Waals surface area contributed by atoms with Gasteiger partial charge in [-0.25, -0.2) is 4.98 Å². The second kappa shape index (κ2) is 4.75. The molecule has 1 N–H and O–H groups in total. The highest BCUT2D eigenvalue weighted by atomic mass is 35.5. The van der Waals surface area contributed by atoms with Crippen LogP contribution in [0.3, 0.4) is 0 Å². The lowest BCUT2D eigenvalue weighted by Gasteiger charge is -2.10. The highest BCUT2D eigenvalue weighted by Crippen LogP contribution is 2.27. The van der Waals surface area contributed by atoms with Crippen molar-refractivity contribution in [3.05, 3.63) is 41.3 Å². The van der Waals surface area contributed by atoms with Crippen molar-refractivity contribution in [1.82, 2.24) is 14.9 Å². The highest BCUT2D eigenvalue weighted by Gasteiger charge is 2.21. The van der Waals surface area contributed by atoms with Gasteiger partial charge in [-0.15, -0.1) is 0 Å². The summed E-state index contributed by atoms with van der Waals surface area (Å²) in [6.07, 6.45) is 3.13. The van der Waals surface area contributed by atoms with Gasteiger partial charge in [0.05, 0.1) is 11.9 Å². The lowest BCUT2D eigenvalue weighted by molar-refractivity contribution is 0.662. The summed E-state index contributed by atoms with van der Waals surface area (Å²) in [5, 5.41) is 4.15. The van der Waals surface area contributed by atoms with E-state index in [1.165, 1.54) is 12.2 Å². The fourth-order valence-electron chi connectivity index (χ4n) is 2.57.